The molecule has 0 unspecified atom stereocenters. The van der Waals surface area contributed by atoms with Crippen molar-refractivity contribution >= 4 is 259 Å². The van der Waals surface area contributed by atoms with E-state index in [0.717, 1.165) is 33.7 Å². The lowest BCUT2D eigenvalue weighted by Gasteiger charge is -2.27. The van der Waals surface area contributed by atoms with Crippen LogP contribution in [0.3, 0.4) is 0 Å². The maximum Gasteiger partial charge on any atom is 0.160 e. The van der Waals surface area contributed by atoms with Crippen LogP contribution in [-0.2, 0) is 0 Å². The molecule has 10 aromatic rings. The summed E-state index contributed by atoms with van der Waals surface area (Å²) in [6.07, 6.45) is 0. The second-order valence-corrected chi connectivity index (χ2v) is 20.6. The first kappa shape index (κ1) is 47.7. The van der Waals surface area contributed by atoms with E-state index >= 15 is 0 Å². The number of aromatic nitrogens is 3. The van der Waals surface area contributed by atoms with E-state index in [-0.39, 0.29) is 0 Å². The SMILES string of the molecule is Bc1c(B)c(B)c(-c2c(B)c(B)c(-c3cc(-c4ccc(-c5ccc(-n6c7c(B)c(B)c(B)c(B)c7c7c(B)c(B)c(B)c(B)c76)cc5)c5ccccc45)nc(-c4ccccc4)n3)c(B)c2B)c(B)c1B. The summed E-state index contributed by atoms with van der Waals surface area (Å²) in [5, 5.41) is 5.13. The molecular formula is C50H50B17N3. The molecule has 2 aromatic heterocycles. The molecule has 10 rings (SSSR count). The smallest absolute Gasteiger partial charge is 0.160 e. The predicted molar refractivity (Wildman–Crippen MR) is 360 cm³/mol. The molecule has 0 radical (unpaired) electrons. The molecule has 0 spiro atoms. The van der Waals surface area contributed by atoms with Crippen LogP contribution in [0, 0.1) is 0 Å². The highest BCUT2D eigenvalue weighted by molar-refractivity contribution is 6.73. The van der Waals surface area contributed by atoms with Gasteiger partial charge in [0.15, 0.2) is 5.82 Å². The molecule has 0 N–H and O–H groups in total. The minimum absolute atomic E-state index is 0.725. The van der Waals surface area contributed by atoms with Gasteiger partial charge >= 0.3 is 0 Å². The average molecular weight is 877 g/mol. The topological polar surface area (TPSA) is 30.7 Å². The fourth-order valence-corrected chi connectivity index (χ4v) is 12.1. The predicted octanol–water partition coefficient (Wildman–Crippen LogP) is -16.5. The number of benzene rings is 8. The van der Waals surface area contributed by atoms with Crippen molar-refractivity contribution in [2.75, 3.05) is 0 Å². The highest BCUT2D eigenvalue weighted by Crippen LogP contribution is 2.37. The van der Waals surface area contributed by atoms with Crippen molar-refractivity contribution in [2.24, 2.45) is 0 Å². The van der Waals surface area contributed by atoms with Crippen LogP contribution in [0.2, 0.25) is 0 Å². The van der Waals surface area contributed by atoms with Crippen molar-refractivity contribution in [3.63, 3.8) is 0 Å². The lowest BCUT2D eigenvalue weighted by Crippen LogP contribution is -2.57. The fourth-order valence-electron chi connectivity index (χ4n) is 12.1. The Morgan fingerprint density at radius 1 is 0.300 bits per heavy atom. The Hall–Kier alpha value is -6.00. The molecule has 316 valence electrons. The zero-order valence-electron chi connectivity index (χ0n) is 44.6. The summed E-state index contributed by atoms with van der Waals surface area (Å²) in [6, 6.07) is 35.4. The molecule has 20 heteroatoms. The molecule has 0 aliphatic heterocycles. The fraction of sp³-hybridized carbons (Fsp3) is 0. The van der Waals surface area contributed by atoms with Crippen LogP contribution in [0.25, 0.3) is 94.4 Å². The first-order valence-electron chi connectivity index (χ1n) is 25.1. The Bertz CT molecular complexity index is 3780. The molecule has 3 nitrogen and oxygen atoms in total. The van der Waals surface area contributed by atoms with Crippen LogP contribution in [0.4, 0.5) is 0 Å². The second-order valence-electron chi connectivity index (χ2n) is 20.6. The van der Waals surface area contributed by atoms with E-state index < -0.39 is 0 Å². The van der Waals surface area contributed by atoms with Crippen molar-refractivity contribution < 1.29 is 0 Å². The Morgan fingerprint density at radius 2 is 0.686 bits per heavy atom. The summed E-state index contributed by atoms with van der Waals surface area (Å²) in [4.78, 5) is 10.8. The van der Waals surface area contributed by atoms with Gasteiger partial charge in [-0.25, -0.2) is 9.97 Å². The zero-order valence-corrected chi connectivity index (χ0v) is 44.6. The molecule has 0 saturated carbocycles. The van der Waals surface area contributed by atoms with Gasteiger partial charge in [-0.3, -0.25) is 0 Å². The van der Waals surface area contributed by atoms with Gasteiger partial charge in [-0.15, -0.1) is 27.3 Å². The van der Waals surface area contributed by atoms with Gasteiger partial charge in [-0.05, 0) is 67.6 Å². The molecule has 0 amide bonds. The van der Waals surface area contributed by atoms with Crippen LogP contribution in [0.1, 0.15) is 0 Å². The number of hydrogen-bond acceptors (Lipinski definition) is 2. The summed E-state index contributed by atoms with van der Waals surface area (Å²) >= 11 is 0. The lowest BCUT2D eigenvalue weighted by molar-refractivity contribution is 1.19. The summed E-state index contributed by atoms with van der Waals surface area (Å²) in [5.41, 5.74) is 37.0. The number of rotatable bonds is 6. The van der Waals surface area contributed by atoms with Gasteiger partial charge in [-0.1, -0.05) is 144 Å². The van der Waals surface area contributed by atoms with E-state index in [4.69, 9.17) is 9.97 Å². The minimum Gasteiger partial charge on any atom is -0.310 e. The van der Waals surface area contributed by atoms with Crippen LogP contribution >= 0.6 is 0 Å². The Morgan fingerprint density at radius 3 is 1.20 bits per heavy atom. The van der Waals surface area contributed by atoms with E-state index in [9.17, 15) is 0 Å². The van der Waals surface area contributed by atoms with Crippen molar-refractivity contribution in [1.29, 1.82) is 0 Å². The van der Waals surface area contributed by atoms with Crippen LogP contribution in [-0.4, -0.2) is 148 Å². The second kappa shape index (κ2) is 17.7. The third kappa shape index (κ3) is 7.12. The van der Waals surface area contributed by atoms with E-state index in [1.165, 1.54) is 154 Å². The van der Waals surface area contributed by atoms with Crippen molar-refractivity contribution in [1.82, 2.24) is 14.5 Å². The summed E-state index contributed by atoms with van der Waals surface area (Å²) < 4.78 is 2.56. The first-order valence-corrected chi connectivity index (χ1v) is 25.1. The van der Waals surface area contributed by atoms with Gasteiger partial charge < -0.3 is 4.57 Å². The van der Waals surface area contributed by atoms with E-state index in [1.807, 2.05) is 0 Å². The zero-order chi connectivity index (χ0) is 49.9. The summed E-state index contributed by atoms with van der Waals surface area (Å²) in [6.45, 7) is 0. The van der Waals surface area contributed by atoms with E-state index in [0.29, 0.717) is 0 Å². The molecule has 2 heterocycles. The molecule has 70 heavy (non-hydrogen) atoms. The van der Waals surface area contributed by atoms with Gasteiger partial charge in [0, 0.05) is 27.8 Å². The Kier molecular flexibility index (Phi) is 12.0. The molecule has 0 fully saturated rings. The van der Waals surface area contributed by atoms with Crippen molar-refractivity contribution in [3.05, 3.63) is 97.1 Å². The largest absolute Gasteiger partial charge is 0.310 e. The van der Waals surface area contributed by atoms with Crippen molar-refractivity contribution in [2.45, 2.75) is 0 Å². The van der Waals surface area contributed by atoms with Gasteiger partial charge in [0.05, 0.1) is 11.4 Å². The molecule has 0 aliphatic rings. The third-order valence-corrected chi connectivity index (χ3v) is 17.5. The maximum atomic E-state index is 5.42. The molecule has 0 saturated heterocycles. The molecular weight excluding hydrogens is 826 g/mol. The lowest BCUT2D eigenvalue weighted by atomic mass is 9.56. The van der Waals surface area contributed by atoms with Crippen LogP contribution < -0.4 is 92.9 Å². The number of fused-ring (bicyclic) bond motifs is 4. The number of nitrogens with zero attached hydrogens (tertiary/aromatic N) is 3. The van der Waals surface area contributed by atoms with Crippen LogP contribution in [0.5, 0.6) is 0 Å². The number of hydrogen-bond donors (Lipinski definition) is 0. The van der Waals surface area contributed by atoms with Gasteiger partial charge in [0.1, 0.15) is 133 Å². The van der Waals surface area contributed by atoms with Gasteiger partial charge in [0.25, 0.3) is 0 Å². The summed E-state index contributed by atoms with van der Waals surface area (Å²) in [7, 11) is 39.0. The van der Waals surface area contributed by atoms with Crippen molar-refractivity contribution in [3.8, 4) is 61.8 Å². The third-order valence-electron chi connectivity index (χ3n) is 17.5. The van der Waals surface area contributed by atoms with Gasteiger partial charge in [-0.2, -0.15) is 0 Å². The standard InChI is InChI=1S/C50H50B17N3/c51-31-26(32(52)34(54)27(33(31)53)28-35(55)39(59)43(63)40(60)36(28)56)25-16-24(68-50(69-25)18-6-2-1-3-7-18)23-15-14-20(21-8-4-5-9-22(21)23)17-10-12-19(13-11-17)70-48-29(37(57)41(61)44(64)46(48)66)30-38(58)42(62)45(65)47(67)49(30)70/h1-16H,51-67H2. The quantitative estimate of drug-likeness (QED) is 0.156. The normalized spacial score (nSPS) is 11.5. The first-order chi connectivity index (χ1) is 33.3. The molecule has 0 aliphatic carbocycles. The van der Waals surface area contributed by atoms with Gasteiger partial charge in [0.2, 0.25) is 0 Å². The van der Waals surface area contributed by atoms with E-state index in [2.05, 4.69) is 235 Å². The highest BCUT2D eigenvalue weighted by atomic mass is 15.0. The monoisotopic (exact) mass is 880 g/mol. The summed E-state index contributed by atoms with van der Waals surface area (Å²) in [5.74, 6) is 0.725. The Labute approximate surface area is 429 Å². The molecule has 0 atom stereocenters. The Balaban J connectivity index is 1.14. The highest BCUT2D eigenvalue weighted by Gasteiger charge is 2.25. The van der Waals surface area contributed by atoms with E-state index in [1.54, 1.807) is 0 Å². The average Bonchev–Trinajstić information content (AvgIpc) is 3.74. The molecule has 0 bridgehead atoms. The maximum absolute atomic E-state index is 5.42. The van der Waals surface area contributed by atoms with Crippen LogP contribution in [0.15, 0.2) is 97.1 Å². The molecule has 8 aromatic carbocycles. The minimum atomic E-state index is 0.725.